The van der Waals surface area contributed by atoms with Gasteiger partial charge in [0.1, 0.15) is 0 Å². The fourth-order valence-corrected chi connectivity index (χ4v) is 1.61. The predicted molar refractivity (Wildman–Crippen MR) is 61.1 cm³/mol. The first kappa shape index (κ1) is 11.2. The van der Waals surface area contributed by atoms with Gasteiger partial charge in [0.15, 0.2) is 0 Å². The van der Waals surface area contributed by atoms with Gasteiger partial charge in [0.05, 0.1) is 0 Å². The van der Waals surface area contributed by atoms with Crippen LogP contribution in [0.4, 0.5) is 0 Å². The van der Waals surface area contributed by atoms with Crippen LogP contribution in [0, 0.1) is 0 Å². The minimum atomic E-state index is 0.743. The van der Waals surface area contributed by atoms with Gasteiger partial charge in [-0.2, -0.15) is 0 Å². The lowest BCUT2D eigenvalue weighted by Crippen LogP contribution is -2.29. The molecule has 2 heteroatoms. The molecule has 0 unspecified atom stereocenters. The van der Waals surface area contributed by atoms with Crippen LogP contribution in [-0.4, -0.2) is 24.5 Å². The fraction of sp³-hybridized carbons (Fsp3) is 0.500. The molecule has 0 aliphatic heterocycles. The lowest BCUT2D eigenvalue weighted by molar-refractivity contribution is 0.273. The average Bonchev–Trinajstić information content (AvgIpc) is 2.20. The van der Waals surface area contributed by atoms with Gasteiger partial charge in [-0.25, -0.2) is 0 Å². The van der Waals surface area contributed by atoms with E-state index in [9.17, 15) is 0 Å². The molecule has 2 nitrogen and oxygen atoms in total. The molecule has 0 atom stereocenters. The molecule has 1 rings (SSSR count). The van der Waals surface area contributed by atoms with E-state index in [4.69, 9.17) is 5.73 Å². The van der Waals surface area contributed by atoms with Gasteiger partial charge in [-0.15, -0.1) is 0 Å². The SMILES string of the molecule is CCCN(CCN)Cc1ccccc1. The first-order chi connectivity index (χ1) is 6.86. The topological polar surface area (TPSA) is 29.3 Å². The molecule has 0 fully saturated rings. The van der Waals surface area contributed by atoms with Crippen molar-refractivity contribution in [1.29, 1.82) is 0 Å². The summed E-state index contributed by atoms with van der Waals surface area (Å²) in [5.74, 6) is 0. The highest BCUT2D eigenvalue weighted by atomic mass is 15.1. The maximum absolute atomic E-state index is 5.57. The van der Waals surface area contributed by atoms with Gasteiger partial charge in [-0.3, -0.25) is 4.90 Å². The third-order valence-corrected chi connectivity index (χ3v) is 2.23. The van der Waals surface area contributed by atoms with Crippen molar-refractivity contribution in [3.8, 4) is 0 Å². The average molecular weight is 192 g/mol. The molecule has 2 N–H and O–H groups in total. The van der Waals surface area contributed by atoms with Gasteiger partial charge in [0.25, 0.3) is 0 Å². The van der Waals surface area contributed by atoms with Gasteiger partial charge < -0.3 is 5.73 Å². The maximum atomic E-state index is 5.57. The molecule has 0 bridgehead atoms. The highest BCUT2D eigenvalue weighted by molar-refractivity contribution is 5.14. The van der Waals surface area contributed by atoms with E-state index in [2.05, 4.69) is 42.2 Å². The maximum Gasteiger partial charge on any atom is 0.0234 e. The molecule has 14 heavy (non-hydrogen) atoms. The Morgan fingerprint density at radius 2 is 1.86 bits per heavy atom. The quantitative estimate of drug-likeness (QED) is 0.745. The molecular formula is C12H20N2. The second-order valence-corrected chi connectivity index (χ2v) is 3.55. The van der Waals surface area contributed by atoms with E-state index >= 15 is 0 Å². The predicted octanol–water partition coefficient (Wildman–Crippen LogP) is 1.86. The summed E-state index contributed by atoms with van der Waals surface area (Å²) in [6.45, 7) is 6.09. The third kappa shape index (κ3) is 3.90. The molecule has 0 saturated carbocycles. The van der Waals surface area contributed by atoms with Crippen molar-refractivity contribution in [2.45, 2.75) is 19.9 Å². The Kier molecular flexibility index (Phi) is 5.27. The Morgan fingerprint density at radius 1 is 1.14 bits per heavy atom. The van der Waals surface area contributed by atoms with Crippen LogP contribution in [0.5, 0.6) is 0 Å². The standard InChI is InChI=1S/C12H20N2/c1-2-9-14(10-8-13)11-12-6-4-3-5-7-12/h3-7H,2,8-11,13H2,1H3. The molecule has 1 aromatic rings. The zero-order valence-electron chi connectivity index (χ0n) is 8.95. The highest BCUT2D eigenvalue weighted by Crippen LogP contribution is 2.04. The largest absolute Gasteiger partial charge is 0.329 e. The molecule has 0 heterocycles. The number of nitrogens with zero attached hydrogens (tertiary/aromatic N) is 1. The fourth-order valence-electron chi connectivity index (χ4n) is 1.61. The van der Waals surface area contributed by atoms with Gasteiger partial charge in [0.2, 0.25) is 0 Å². The Labute approximate surface area is 86.7 Å². The third-order valence-electron chi connectivity index (χ3n) is 2.23. The molecule has 0 spiro atoms. The minimum Gasteiger partial charge on any atom is -0.329 e. The molecule has 78 valence electrons. The van der Waals surface area contributed by atoms with Crippen molar-refractivity contribution in [2.75, 3.05) is 19.6 Å². The summed E-state index contributed by atoms with van der Waals surface area (Å²) < 4.78 is 0. The molecule has 0 saturated heterocycles. The molecular weight excluding hydrogens is 172 g/mol. The number of rotatable bonds is 6. The Hall–Kier alpha value is -0.860. The van der Waals surface area contributed by atoms with Gasteiger partial charge in [0, 0.05) is 19.6 Å². The van der Waals surface area contributed by atoms with Crippen LogP contribution in [-0.2, 0) is 6.54 Å². The van der Waals surface area contributed by atoms with Crippen molar-refractivity contribution >= 4 is 0 Å². The van der Waals surface area contributed by atoms with Gasteiger partial charge in [-0.05, 0) is 18.5 Å². The van der Waals surface area contributed by atoms with Crippen molar-refractivity contribution in [3.63, 3.8) is 0 Å². The Bertz CT molecular complexity index is 227. The van der Waals surface area contributed by atoms with Gasteiger partial charge in [-0.1, -0.05) is 37.3 Å². The van der Waals surface area contributed by atoms with Crippen molar-refractivity contribution in [2.24, 2.45) is 5.73 Å². The first-order valence-corrected chi connectivity index (χ1v) is 5.33. The molecule has 1 aromatic carbocycles. The van der Waals surface area contributed by atoms with Crippen LogP contribution in [0.3, 0.4) is 0 Å². The first-order valence-electron chi connectivity index (χ1n) is 5.33. The van der Waals surface area contributed by atoms with E-state index in [-0.39, 0.29) is 0 Å². The van der Waals surface area contributed by atoms with Crippen LogP contribution >= 0.6 is 0 Å². The van der Waals surface area contributed by atoms with Crippen LogP contribution in [0.25, 0.3) is 0 Å². The summed E-state index contributed by atoms with van der Waals surface area (Å²) in [6, 6.07) is 10.6. The summed E-state index contributed by atoms with van der Waals surface area (Å²) in [4.78, 5) is 2.40. The summed E-state index contributed by atoms with van der Waals surface area (Å²) in [7, 11) is 0. The summed E-state index contributed by atoms with van der Waals surface area (Å²) in [5.41, 5.74) is 6.94. The van der Waals surface area contributed by atoms with E-state index in [1.807, 2.05) is 0 Å². The number of hydrogen-bond acceptors (Lipinski definition) is 2. The molecule has 0 aromatic heterocycles. The van der Waals surface area contributed by atoms with E-state index < -0.39 is 0 Å². The van der Waals surface area contributed by atoms with Crippen molar-refractivity contribution in [1.82, 2.24) is 4.90 Å². The van der Waals surface area contributed by atoms with Crippen LogP contribution < -0.4 is 5.73 Å². The van der Waals surface area contributed by atoms with E-state index in [0.717, 1.165) is 26.2 Å². The van der Waals surface area contributed by atoms with Gasteiger partial charge >= 0.3 is 0 Å². The summed E-state index contributed by atoms with van der Waals surface area (Å²) in [5, 5.41) is 0. The normalized spacial score (nSPS) is 10.8. The van der Waals surface area contributed by atoms with Crippen LogP contribution in [0.15, 0.2) is 30.3 Å². The lowest BCUT2D eigenvalue weighted by Gasteiger charge is -2.20. The Balaban J connectivity index is 2.46. The second kappa shape index (κ2) is 6.57. The molecule has 0 aliphatic carbocycles. The second-order valence-electron chi connectivity index (χ2n) is 3.55. The molecule has 0 radical (unpaired) electrons. The highest BCUT2D eigenvalue weighted by Gasteiger charge is 2.02. The van der Waals surface area contributed by atoms with Crippen LogP contribution in [0.1, 0.15) is 18.9 Å². The van der Waals surface area contributed by atoms with Crippen LogP contribution in [0.2, 0.25) is 0 Å². The Morgan fingerprint density at radius 3 is 2.43 bits per heavy atom. The minimum absolute atomic E-state index is 0.743. The number of nitrogens with two attached hydrogens (primary N) is 1. The zero-order chi connectivity index (χ0) is 10.2. The number of hydrogen-bond donors (Lipinski definition) is 1. The molecule has 0 amide bonds. The van der Waals surface area contributed by atoms with E-state index in [1.54, 1.807) is 0 Å². The summed E-state index contributed by atoms with van der Waals surface area (Å²) >= 11 is 0. The lowest BCUT2D eigenvalue weighted by atomic mass is 10.2. The smallest absolute Gasteiger partial charge is 0.0234 e. The van der Waals surface area contributed by atoms with Crippen molar-refractivity contribution in [3.05, 3.63) is 35.9 Å². The zero-order valence-corrected chi connectivity index (χ0v) is 8.95. The summed E-state index contributed by atoms with van der Waals surface area (Å²) in [6.07, 6.45) is 1.19. The van der Waals surface area contributed by atoms with E-state index in [1.165, 1.54) is 12.0 Å². The number of benzene rings is 1. The van der Waals surface area contributed by atoms with E-state index in [0.29, 0.717) is 0 Å². The monoisotopic (exact) mass is 192 g/mol. The van der Waals surface area contributed by atoms with Crippen molar-refractivity contribution < 1.29 is 0 Å². The molecule has 0 aliphatic rings.